The summed E-state index contributed by atoms with van der Waals surface area (Å²) >= 11 is 0. The first kappa shape index (κ1) is 20.4. The molecular weight excluding hydrogens is 444 g/mol. The monoisotopic (exact) mass is 464 g/mol. The molecule has 34 heavy (non-hydrogen) atoms. The molecule has 0 radical (unpaired) electrons. The minimum Gasteiger partial charge on any atom is -0.306 e. The van der Waals surface area contributed by atoms with Crippen LogP contribution in [0.1, 0.15) is 5.56 Å². The molecule has 1 N–H and O–H groups in total. The third-order valence-electron chi connectivity index (χ3n) is 5.85. The predicted molar refractivity (Wildman–Crippen MR) is 135 cm³/mol. The van der Waals surface area contributed by atoms with Crippen LogP contribution >= 0.6 is 0 Å². The number of aromatic nitrogens is 3. The third-order valence-corrected chi connectivity index (χ3v) is 7.20. The van der Waals surface area contributed by atoms with Gasteiger partial charge in [-0.15, -0.1) is 0 Å². The van der Waals surface area contributed by atoms with E-state index >= 15 is 0 Å². The number of nitrogens with one attached hydrogen (secondary N) is 1. The number of rotatable bonds is 5. The van der Waals surface area contributed by atoms with E-state index in [9.17, 15) is 8.42 Å². The van der Waals surface area contributed by atoms with Crippen LogP contribution in [0, 0.1) is 0 Å². The molecule has 6 rings (SSSR count). The van der Waals surface area contributed by atoms with Crippen molar-refractivity contribution in [2.45, 2.75) is 11.4 Å². The Morgan fingerprint density at radius 3 is 2.15 bits per heavy atom. The molecule has 0 spiro atoms. The highest BCUT2D eigenvalue weighted by molar-refractivity contribution is 7.92. The molecule has 2 aromatic heterocycles. The normalized spacial score (nSPS) is 11.9. The number of anilines is 1. The Morgan fingerprint density at radius 2 is 1.35 bits per heavy atom. The highest BCUT2D eigenvalue weighted by Gasteiger charge is 2.20. The van der Waals surface area contributed by atoms with E-state index in [1.807, 2.05) is 89.5 Å². The van der Waals surface area contributed by atoms with Gasteiger partial charge in [-0.2, -0.15) is 0 Å². The fraction of sp³-hybridized carbons (Fsp3) is 0.0370. The maximum Gasteiger partial charge on any atom is 0.263 e. The lowest BCUT2D eigenvalue weighted by Gasteiger charge is -2.13. The Balaban J connectivity index is 1.49. The van der Waals surface area contributed by atoms with Crippen LogP contribution in [0.25, 0.3) is 33.0 Å². The first-order valence-corrected chi connectivity index (χ1v) is 12.4. The highest BCUT2D eigenvalue weighted by atomic mass is 32.2. The fourth-order valence-corrected chi connectivity index (χ4v) is 5.25. The molecule has 0 aliphatic rings. The Hall–Kier alpha value is -4.23. The summed E-state index contributed by atoms with van der Waals surface area (Å²) in [5, 5.41) is 1.85. The molecule has 0 fully saturated rings. The highest BCUT2D eigenvalue weighted by Crippen LogP contribution is 2.27. The van der Waals surface area contributed by atoms with E-state index in [2.05, 4.69) is 4.72 Å². The summed E-state index contributed by atoms with van der Waals surface area (Å²) in [5.74, 6) is 0.419. The number of para-hydroxylation sites is 2. The lowest BCUT2D eigenvalue weighted by atomic mass is 10.1. The Bertz CT molecular complexity index is 1780. The second-order valence-corrected chi connectivity index (χ2v) is 9.82. The molecule has 0 saturated carbocycles. The van der Waals surface area contributed by atoms with Gasteiger partial charge in [0.05, 0.1) is 22.5 Å². The molecule has 7 heteroatoms. The molecule has 0 aliphatic heterocycles. The maximum atomic E-state index is 13.4. The Labute approximate surface area is 196 Å². The van der Waals surface area contributed by atoms with Crippen LogP contribution in [0.5, 0.6) is 0 Å². The van der Waals surface area contributed by atoms with Crippen LogP contribution in [-0.4, -0.2) is 23.0 Å². The van der Waals surface area contributed by atoms with Gasteiger partial charge >= 0.3 is 0 Å². The van der Waals surface area contributed by atoms with Gasteiger partial charge < -0.3 is 4.57 Å². The lowest BCUT2D eigenvalue weighted by Crippen LogP contribution is -2.16. The molecule has 0 unspecified atom stereocenters. The molecule has 0 atom stereocenters. The summed E-state index contributed by atoms with van der Waals surface area (Å²) in [6.45, 7) is 0.451. The van der Waals surface area contributed by atoms with Gasteiger partial charge in [-0.05, 0) is 40.6 Å². The summed E-state index contributed by atoms with van der Waals surface area (Å²) in [6, 6.07) is 32.1. The van der Waals surface area contributed by atoms with Crippen LogP contribution in [0.4, 0.5) is 5.82 Å². The van der Waals surface area contributed by atoms with E-state index in [4.69, 9.17) is 9.97 Å². The SMILES string of the molecule is O=S(=O)(Nc1cc2nc3ccccc3nc2n1Cc1ccccc1)c1ccc2ccccc2c1. The standard InChI is InChI=1S/C27H20N4O2S/c32-34(33,22-15-14-20-10-4-5-11-21(20)16-22)30-26-17-25-27(29-24-13-7-6-12-23(24)28-25)31(26)18-19-8-2-1-3-9-19/h1-17,30H,18H2. The van der Waals surface area contributed by atoms with Gasteiger partial charge in [-0.25, -0.2) is 18.4 Å². The fourth-order valence-electron chi connectivity index (χ4n) is 4.16. The van der Waals surface area contributed by atoms with Crippen LogP contribution < -0.4 is 4.72 Å². The van der Waals surface area contributed by atoms with Crippen molar-refractivity contribution in [1.82, 2.24) is 14.5 Å². The third kappa shape index (κ3) is 3.66. The van der Waals surface area contributed by atoms with Crippen LogP contribution in [0.15, 0.2) is 108 Å². The molecule has 0 bridgehead atoms. The lowest BCUT2D eigenvalue weighted by molar-refractivity contribution is 0.600. The van der Waals surface area contributed by atoms with Crippen molar-refractivity contribution in [3.63, 3.8) is 0 Å². The van der Waals surface area contributed by atoms with Gasteiger partial charge in [0.1, 0.15) is 11.3 Å². The van der Waals surface area contributed by atoms with Gasteiger partial charge in [0, 0.05) is 6.07 Å². The van der Waals surface area contributed by atoms with Crippen molar-refractivity contribution < 1.29 is 8.42 Å². The van der Waals surface area contributed by atoms with E-state index in [1.54, 1.807) is 18.2 Å². The number of hydrogen-bond acceptors (Lipinski definition) is 4. The van der Waals surface area contributed by atoms with Gasteiger partial charge in [0.25, 0.3) is 10.0 Å². The number of hydrogen-bond donors (Lipinski definition) is 1. The topological polar surface area (TPSA) is 76.9 Å². The van der Waals surface area contributed by atoms with Crippen molar-refractivity contribution in [3.8, 4) is 0 Å². The van der Waals surface area contributed by atoms with E-state index in [-0.39, 0.29) is 4.90 Å². The van der Waals surface area contributed by atoms with Gasteiger partial charge in [0.2, 0.25) is 0 Å². The molecule has 6 nitrogen and oxygen atoms in total. The minimum atomic E-state index is -3.84. The summed E-state index contributed by atoms with van der Waals surface area (Å²) in [6.07, 6.45) is 0. The largest absolute Gasteiger partial charge is 0.306 e. The number of nitrogens with zero attached hydrogens (tertiary/aromatic N) is 3. The summed E-state index contributed by atoms with van der Waals surface area (Å²) < 4.78 is 31.4. The average molecular weight is 465 g/mol. The van der Waals surface area contributed by atoms with Crippen molar-refractivity contribution in [2.75, 3.05) is 4.72 Å². The Morgan fingerprint density at radius 1 is 0.676 bits per heavy atom. The van der Waals surface area contributed by atoms with Crippen molar-refractivity contribution >= 4 is 48.8 Å². The summed E-state index contributed by atoms with van der Waals surface area (Å²) in [5.41, 5.74) is 3.80. The molecule has 6 aromatic rings. The molecule has 166 valence electrons. The zero-order valence-electron chi connectivity index (χ0n) is 18.1. The smallest absolute Gasteiger partial charge is 0.263 e. The van der Waals surface area contributed by atoms with Gasteiger partial charge in [-0.3, -0.25) is 4.72 Å². The quantitative estimate of drug-likeness (QED) is 0.361. The maximum absolute atomic E-state index is 13.4. The molecule has 4 aromatic carbocycles. The van der Waals surface area contributed by atoms with Gasteiger partial charge in [-0.1, -0.05) is 72.8 Å². The van der Waals surface area contributed by atoms with Gasteiger partial charge in [0.15, 0.2) is 5.65 Å². The zero-order chi connectivity index (χ0) is 23.1. The molecular formula is C27H20N4O2S. The second-order valence-electron chi connectivity index (χ2n) is 8.14. The Kier molecular flexibility index (Phi) is 4.78. The molecule has 0 saturated heterocycles. The van der Waals surface area contributed by atoms with Crippen molar-refractivity contribution in [3.05, 3.63) is 109 Å². The molecule has 0 aliphatic carbocycles. The van der Waals surface area contributed by atoms with Crippen molar-refractivity contribution in [2.24, 2.45) is 0 Å². The first-order valence-electron chi connectivity index (χ1n) is 10.9. The zero-order valence-corrected chi connectivity index (χ0v) is 18.9. The van der Waals surface area contributed by atoms with Crippen LogP contribution in [0.3, 0.4) is 0 Å². The van der Waals surface area contributed by atoms with Crippen molar-refractivity contribution in [1.29, 1.82) is 0 Å². The first-order chi connectivity index (χ1) is 16.6. The average Bonchev–Trinajstić information content (AvgIpc) is 3.17. The second kappa shape index (κ2) is 7.97. The van der Waals surface area contributed by atoms with E-state index < -0.39 is 10.0 Å². The van der Waals surface area contributed by atoms with E-state index in [0.717, 1.165) is 27.4 Å². The number of sulfonamides is 1. The van der Waals surface area contributed by atoms with Crippen LogP contribution in [0.2, 0.25) is 0 Å². The van der Waals surface area contributed by atoms with E-state index in [0.29, 0.717) is 23.5 Å². The predicted octanol–water partition coefficient (Wildman–Crippen LogP) is 5.59. The minimum absolute atomic E-state index is 0.203. The number of fused-ring (bicyclic) bond motifs is 3. The molecule has 2 heterocycles. The molecule has 0 amide bonds. The number of benzene rings is 4. The summed E-state index contributed by atoms with van der Waals surface area (Å²) in [7, 11) is -3.84. The van der Waals surface area contributed by atoms with Crippen LogP contribution in [-0.2, 0) is 16.6 Å². The summed E-state index contributed by atoms with van der Waals surface area (Å²) in [4.78, 5) is 9.73. The van der Waals surface area contributed by atoms with E-state index in [1.165, 1.54) is 0 Å².